The van der Waals surface area contributed by atoms with Crippen molar-refractivity contribution in [1.29, 1.82) is 0 Å². The molecule has 0 aliphatic heterocycles. The molecule has 0 heterocycles. The molecule has 0 saturated heterocycles. The average Bonchev–Trinajstić information content (AvgIpc) is 2.00. The summed E-state index contributed by atoms with van der Waals surface area (Å²) in [5, 5.41) is 8.85. The van der Waals surface area contributed by atoms with E-state index in [0.29, 0.717) is 5.56 Å². The Morgan fingerprint density at radius 1 is 1.40 bits per heavy atom. The van der Waals surface area contributed by atoms with Crippen LogP contribution < -0.4 is 0 Å². The SMILES string of the molecule is Cc1cc(Cl)c(S(C)(=O)=O)cc1C(=O)O. The molecule has 82 valence electrons. The standard InChI is InChI=1S/C9H9ClO4S/c1-5-3-7(10)8(15(2,13)14)4-6(5)9(11)12/h3-4H,1-2H3,(H,11,12). The van der Waals surface area contributed by atoms with E-state index >= 15 is 0 Å². The first-order valence-corrected chi connectivity index (χ1v) is 6.24. The normalized spacial score (nSPS) is 11.4. The number of carbonyl (C=O) groups is 1. The van der Waals surface area contributed by atoms with Crippen molar-refractivity contribution in [2.24, 2.45) is 0 Å². The van der Waals surface area contributed by atoms with Crippen molar-refractivity contribution in [3.8, 4) is 0 Å². The zero-order valence-electron chi connectivity index (χ0n) is 8.11. The Labute approximate surface area is 92.4 Å². The van der Waals surface area contributed by atoms with Gasteiger partial charge in [0.2, 0.25) is 0 Å². The van der Waals surface area contributed by atoms with Gasteiger partial charge in [-0.05, 0) is 24.6 Å². The Morgan fingerprint density at radius 2 is 1.93 bits per heavy atom. The summed E-state index contributed by atoms with van der Waals surface area (Å²) in [6.45, 7) is 1.56. The third-order valence-electron chi connectivity index (χ3n) is 1.91. The summed E-state index contributed by atoms with van der Waals surface area (Å²) < 4.78 is 22.5. The number of aryl methyl sites for hydroxylation is 1. The fourth-order valence-electron chi connectivity index (χ4n) is 1.17. The molecular formula is C9H9ClO4S. The first kappa shape index (κ1) is 12.0. The molecule has 0 bridgehead atoms. The molecule has 0 amide bonds. The zero-order chi connectivity index (χ0) is 11.8. The molecule has 1 aromatic carbocycles. The predicted octanol–water partition coefficient (Wildman–Crippen LogP) is 1.75. The average molecular weight is 249 g/mol. The lowest BCUT2D eigenvalue weighted by molar-refractivity contribution is 0.0696. The Morgan fingerprint density at radius 3 is 2.33 bits per heavy atom. The number of benzene rings is 1. The van der Waals surface area contributed by atoms with Crippen LogP contribution in [0.4, 0.5) is 0 Å². The van der Waals surface area contributed by atoms with Crippen LogP contribution in [-0.2, 0) is 9.84 Å². The highest BCUT2D eigenvalue weighted by Gasteiger charge is 2.17. The van der Waals surface area contributed by atoms with Crippen LogP contribution in [0.3, 0.4) is 0 Å². The third-order valence-corrected chi connectivity index (χ3v) is 3.47. The number of hydrogen-bond acceptors (Lipinski definition) is 3. The van der Waals surface area contributed by atoms with Crippen LogP contribution >= 0.6 is 11.6 Å². The molecule has 4 nitrogen and oxygen atoms in total. The van der Waals surface area contributed by atoms with E-state index < -0.39 is 15.8 Å². The number of carboxylic acid groups (broad SMARTS) is 1. The molecule has 0 aliphatic carbocycles. The van der Waals surface area contributed by atoms with Crippen molar-refractivity contribution in [3.05, 3.63) is 28.3 Å². The number of halogens is 1. The van der Waals surface area contributed by atoms with Crippen molar-refractivity contribution in [3.63, 3.8) is 0 Å². The highest BCUT2D eigenvalue weighted by atomic mass is 35.5. The van der Waals surface area contributed by atoms with Gasteiger partial charge in [-0.3, -0.25) is 0 Å². The third kappa shape index (κ3) is 2.49. The van der Waals surface area contributed by atoms with Gasteiger partial charge in [-0.2, -0.15) is 0 Å². The number of carboxylic acids is 1. The van der Waals surface area contributed by atoms with Crippen molar-refractivity contribution in [1.82, 2.24) is 0 Å². The largest absolute Gasteiger partial charge is 0.478 e. The van der Waals surface area contributed by atoms with Gasteiger partial charge in [-0.25, -0.2) is 13.2 Å². The maximum absolute atomic E-state index is 11.3. The van der Waals surface area contributed by atoms with Gasteiger partial charge in [0, 0.05) is 6.26 Å². The van der Waals surface area contributed by atoms with Crippen LogP contribution in [0, 0.1) is 6.92 Å². The fraction of sp³-hybridized carbons (Fsp3) is 0.222. The van der Waals surface area contributed by atoms with Crippen LogP contribution in [0.1, 0.15) is 15.9 Å². The molecule has 0 aliphatic rings. The summed E-state index contributed by atoms with van der Waals surface area (Å²) in [6.07, 6.45) is 0.981. The van der Waals surface area contributed by atoms with E-state index in [0.717, 1.165) is 12.3 Å². The van der Waals surface area contributed by atoms with Gasteiger partial charge in [0.1, 0.15) is 0 Å². The van der Waals surface area contributed by atoms with E-state index in [1.165, 1.54) is 6.07 Å². The number of hydrogen-bond donors (Lipinski definition) is 1. The van der Waals surface area contributed by atoms with Crippen LogP contribution in [0.5, 0.6) is 0 Å². The highest BCUT2D eigenvalue weighted by Crippen LogP contribution is 2.25. The summed E-state index contributed by atoms with van der Waals surface area (Å²) in [5.74, 6) is -1.17. The first-order valence-electron chi connectivity index (χ1n) is 3.97. The van der Waals surface area contributed by atoms with E-state index in [1.54, 1.807) is 6.92 Å². The molecule has 0 spiro atoms. The molecule has 0 saturated carbocycles. The molecule has 1 N–H and O–H groups in total. The van der Waals surface area contributed by atoms with E-state index in [-0.39, 0.29) is 15.5 Å². The number of rotatable bonds is 2. The summed E-state index contributed by atoms with van der Waals surface area (Å²) in [4.78, 5) is 10.6. The summed E-state index contributed by atoms with van der Waals surface area (Å²) in [5.41, 5.74) is 0.375. The second kappa shape index (κ2) is 3.83. The molecule has 1 rings (SSSR count). The van der Waals surface area contributed by atoms with E-state index in [1.807, 2.05) is 0 Å². The van der Waals surface area contributed by atoms with Crippen LogP contribution in [0.25, 0.3) is 0 Å². The zero-order valence-corrected chi connectivity index (χ0v) is 9.69. The summed E-state index contributed by atoms with van der Waals surface area (Å²) in [7, 11) is -3.50. The monoisotopic (exact) mass is 248 g/mol. The Bertz CT molecular complexity index is 519. The van der Waals surface area contributed by atoms with E-state index in [4.69, 9.17) is 16.7 Å². The maximum Gasteiger partial charge on any atom is 0.335 e. The lowest BCUT2D eigenvalue weighted by Gasteiger charge is -2.06. The van der Waals surface area contributed by atoms with Gasteiger partial charge in [-0.15, -0.1) is 0 Å². The minimum atomic E-state index is -3.50. The summed E-state index contributed by atoms with van der Waals surface area (Å²) in [6, 6.07) is 2.41. The van der Waals surface area contributed by atoms with Crippen LogP contribution in [0.15, 0.2) is 17.0 Å². The molecule has 0 unspecified atom stereocenters. The molecular weight excluding hydrogens is 240 g/mol. The van der Waals surface area contributed by atoms with Crippen LogP contribution in [0.2, 0.25) is 5.02 Å². The Kier molecular flexibility index (Phi) is 3.06. The minimum absolute atomic E-state index is 0.0417. The molecule has 6 heteroatoms. The fourth-order valence-corrected chi connectivity index (χ4v) is 2.55. The summed E-state index contributed by atoms with van der Waals surface area (Å²) >= 11 is 5.72. The lowest BCUT2D eigenvalue weighted by Crippen LogP contribution is -2.05. The van der Waals surface area contributed by atoms with Crippen molar-refractivity contribution >= 4 is 27.4 Å². The van der Waals surface area contributed by atoms with Gasteiger partial charge in [-0.1, -0.05) is 11.6 Å². The highest BCUT2D eigenvalue weighted by molar-refractivity contribution is 7.90. The molecule has 0 aromatic heterocycles. The van der Waals surface area contributed by atoms with Gasteiger partial charge in [0.15, 0.2) is 9.84 Å². The van der Waals surface area contributed by atoms with E-state index in [9.17, 15) is 13.2 Å². The van der Waals surface area contributed by atoms with Gasteiger partial charge < -0.3 is 5.11 Å². The predicted molar refractivity (Wildman–Crippen MR) is 56.3 cm³/mol. The van der Waals surface area contributed by atoms with Gasteiger partial charge >= 0.3 is 5.97 Å². The van der Waals surface area contributed by atoms with Gasteiger partial charge in [0.05, 0.1) is 15.5 Å². The number of sulfone groups is 1. The molecule has 15 heavy (non-hydrogen) atoms. The molecule has 0 atom stereocenters. The minimum Gasteiger partial charge on any atom is -0.478 e. The maximum atomic E-state index is 11.3. The van der Waals surface area contributed by atoms with Crippen molar-refractivity contribution in [2.75, 3.05) is 6.26 Å². The topological polar surface area (TPSA) is 71.4 Å². The second-order valence-corrected chi connectivity index (χ2v) is 5.57. The lowest BCUT2D eigenvalue weighted by atomic mass is 10.1. The Hall–Kier alpha value is -1.07. The van der Waals surface area contributed by atoms with E-state index in [2.05, 4.69) is 0 Å². The van der Waals surface area contributed by atoms with Crippen molar-refractivity contribution < 1.29 is 18.3 Å². The first-order chi connectivity index (χ1) is 6.73. The number of aromatic carboxylic acids is 1. The van der Waals surface area contributed by atoms with Crippen LogP contribution in [-0.4, -0.2) is 25.7 Å². The van der Waals surface area contributed by atoms with Crippen molar-refractivity contribution in [2.45, 2.75) is 11.8 Å². The quantitative estimate of drug-likeness (QED) is 0.866. The second-order valence-electron chi connectivity index (χ2n) is 3.17. The molecule has 1 aromatic rings. The Balaban J connectivity index is 3.58. The molecule has 0 radical (unpaired) electrons. The smallest absolute Gasteiger partial charge is 0.335 e. The van der Waals surface area contributed by atoms with Gasteiger partial charge in [0.25, 0.3) is 0 Å². The molecule has 0 fully saturated rings.